The Morgan fingerprint density at radius 3 is 2.62 bits per heavy atom. The fourth-order valence-corrected chi connectivity index (χ4v) is 2.92. The lowest BCUT2D eigenvalue weighted by Crippen LogP contribution is -2.32. The monoisotopic (exact) mass is 322 g/mol. The van der Waals surface area contributed by atoms with Gasteiger partial charge in [-0.1, -0.05) is 60.7 Å². The molecular weight excluding hydrogens is 300 g/mol. The number of ether oxygens (including phenoxy) is 1. The van der Waals surface area contributed by atoms with Crippen molar-refractivity contribution in [2.24, 2.45) is 5.73 Å². The number of rotatable bonds is 5. The topological polar surface area (TPSA) is 64.3 Å². The fourth-order valence-electron chi connectivity index (χ4n) is 2.92. The fraction of sp³-hybridized carbons (Fsp3) is 0.250. The summed E-state index contributed by atoms with van der Waals surface area (Å²) in [6.07, 6.45) is 4.83. The first-order chi connectivity index (χ1) is 11.8. The molecule has 0 aromatic heterocycles. The van der Waals surface area contributed by atoms with Crippen molar-refractivity contribution >= 4 is 18.1 Å². The van der Waals surface area contributed by atoms with Crippen LogP contribution in [0.15, 0.2) is 48.5 Å². The van der Waals surface area contributed by atoms with Crippen LogP contribution in [-0.2, 0) is 16.0 Å². The lowest BCUT2D eigenvalue weighted by molar-refractivity contribution is -0.127. The van der Waals surface area contributed by atoms with Gasteiger partial charge in [0.15, 0.2) is 0 Å². The van der Waals surface area contributed by atoms with E-state index in [9.17, 15) is 4.79 Å². The van der Waals surface area contributed by atoms with Crippen LogP contribution >= 0.6 is 0 Å². The van der Waals surface area contributed by atoms with Gasteiger partial charge >= 0.3 is 0 Å². The molecular formula is C20H22N2O2. The van der Waals surface area contributed by atoms with Gasteiger partial charge in [0.1, 0.15) is 6.61 Å². The molecule has 4 heteroatoms. The van der Waals surface area contributed by atoms with Crippen LogP contribution in [0.1, 0.15) is 28.4 Å². The summed E-state index contributed by atoms with van der Waals surface area (Å²) in [5.41, 5.74) is 10.0. The molecule has 0 radical (unpaired) electrons. The zero-order valence-electron chi connectivity index (χ0n) is 13.6. The molecule has 4 nitrogen and oxygen atoms in total. The van der Waals surface area contributed by atoms with Crippen LogP contribution in [0, 0.1) is 0 Å². The minimum Gasteiger partial charge on any atom is -0.363 e. The highest BCUT2D eigenvalue weighted by atomic mass is 16.5. The molecule has 1 atom stereocenters. The maximum absolute atomic E-state index is 11.9. The van der Waals surface area contributed by atoms with Gasteiger partial charge in [0, 0.05) is 19.5 Å². The van der Waals surface area contributed by atoms with Crippen molar-refractivity contribution in [3.8, 4) is 0 Å². The van der Waals surface area contributed by atoms with E-state index in [4.69, 9.17) is 10.5 Å². The van der Waals surface area contributed by atoms with Crippen molar-refractivity contribution in [2.75, 3.05) is 19.7 Å². The van der Waals surface area contributed by atoms with Crippen molar-refractivity contribution in [3.63, 3.8) is 0 Å². The summed E-state index contributed by atoms with van der Waals surface area (Å²) in [6, 6.07) is 16.4. The Morgan fingerprint density at radius 1 is 1.08 bits per heavy atom. The third kappa shape index (κ3) is 3.91. The second-order valence-corrected chi connectivity index (χ2v) is 5.80. The van der Waals surface area contributed by atoms with E-state index in [1.54, 1.807) is 0 Å². The lowest BCUT2D eigenvalue weighted by Gasteiger charge is -2.23. The first-order valence-electron chi connectivity index (χ1n) is 8.21. The Kier molecular flexibility index (Phi) is 5.41. The predicted octanol–water partition coefficient (Wildman–Crippen LogP) is 2.55. The van der Waals surface area contributed by atoms with Gasteiger partial charge in [-0.3, -0.25) is 4.79 Å². The average molecular weight is 322 g/mol. The van der Waals surface area contributed by atoms with E-state index >= 15 is 0 Å². The summed E-state index contributed by atoms with van der Waals surface area (Å²) in [7, 11) is 0. The standard InChI is InChI=1S/C20H22N2O2/c21-11-12-22-20(23)14-24-19-13-17-7-2-1-5-15(17)9-10-16-6-3-4-8-18(16)19/h1-10,19H,11-14,21H2,(H,22,23). The van der Waals surface area contributed by atoms with E-state index in [0.717, 1.165) is 17.5 Å². The summed E-state index contributed by atoms with van der Waals surface area (Å²) < 4.78 is 5.97. The summed E-state index contributed by atoms with van der Waals surface area (Å²) in [4.78, 5) is 11.9. The zero-order chi connectivity index (χ0) is 16.8. The summed E-state index contributed by atoms with van der Waals surface area (Å²) >= 11 is 0. The SMILES string of the molecule is NCCNC(=O)COC1Cc2ccccc2C=Cc2ccccc21. The van der Waals surface area contributed by atoms with Gasteiger partial charge in [0.2, 0.25) is 5.91 Å². The zero-order valence-corrected chi connectivity index (χ0v) is 13.6. The highest BCUT2D eigenvalue weighted by Crippen LogP contribution is 2.30. The molecule has 1 aliphatic rings. The summed E-state index contributed by atoms with van der Waals surface area (Å²) in [6.45, 7) is 0.927. The number of hydrogen-bond acceptors (Lipinski definition) is 3. The van der Waals surface area contributed by atoms with Crippen LogP contribution in [0.5, 0.6) is 0 Å². The van der Waals surface area contributed by atoms with Gasteiger partial charge in [0.25, 0.3) is 0 Å². The normalized spacial score (nSPS) is 15.8. The molecule has 0 saturated heterocycles. The first kappa shape index (κ1) is 16.4. The summed E-state index contributed by atoms with van der Waals surface area (Å²) in [5.74, 6) is -0.135. The maximum Gasteiger partial charge on any atom is 0.246 e. The molecule has 0 spiro atoms. The second kappa shape index (κ2) is 7.90. The first-order valence-corrected chi connectivity index (χ1v) is 8.21. The van der Waals surface area contributed by atoms with Gasteiger partial charge < -0.3 is 15.8 Å². The molecule has 1 amide bonds. The molecule has 0 aliphatic heterocycles. The van der Waals surface area contributed by atoms with Gasteiger partial charge in [-0.2, -0.15) is 0 Å². The van der Waals surface area contributed by atoms with Crippen molar-refractivity contribution in [1.82, 2.24) is 5.32 Å². The van der Waals surface area contributed by atoms with Crippen LogP contribution in [0.2, 0.25) is 0 Å². The van der Waals surface area contributed by atoms with E-state index in [1.807, 2.05) is 24.3 Å². The molecule has 3 N–H and O–H groups in total. The third-order valence-corrected chi connectivity index (χ3v) is 4.13. The van der Waals surface area contributed by atoms with Gasteiger partial charge in [0.05, 0.1) is 6.10 Å². The predicted molar refractivity (Wildman–Crippen MR) is 96.3 cm³/mol. The van der Waals surface area contributed by atoms with Crippen molar-refractivity contribution in [1.29, 1.82) is 0 Å². The highest BCUT2D eigenvalue weighted by molar-refractivity contribution is 5.77. The number of carbonyl (C=O) groups excluding carboxylic acids is 1. The van der Waals surface area contributed by atoms with Crippen molar-refractivity contribution in [2.45, 2.75) is 12.5 Å². The third-order valence-electron chi connectivity index (χ3n) is 4.13. The van der Waals surface area contributed by atoms with Crippen LogP contribution < -0.4 is 11.1 Å². The van der Waals surface area contributed by atoms with Crippen LogP contribution in [0.4, 0.5) is 0 Å². The van der Waals surface area contributed by atoms with Gasteiger partial charge in [-0.25, -0.2) is 0 Å². The van der Waals surface area contributed by atoms with E-state index in [0.29, 0.717) is 13.1 Å². The van der Waals surface area contributed by atoms with E-state index < -0.39 is 0 Å². The lowest BCUT2D eigenvalue weighted by atomic mass is 9.91. The average Bonchev–Trinajstić information content (AvgIpc) is 2.61. The Morgan fingerprint density at radius 2 is 1.79 bits per heavy atom. The molecule has 0 saturated carbocycles. The van der Waals surface area contributed by atoms with Gasteiger partial charge in [-0.05, 0) is 22.3 Å². The van der Waals surface area contributed by atoms with E-state index in [1.165, 1.54) is 11.1 Å². The van der Waals surface area contributed by atoms with Gasteiger partial charge in [-0.15, -0.1) is 0 Å². The highest BCUT2D eigenvalue weighted by Gasteiger charge is 2.19. The molecule has 1 unspecified atom stereocenters. The number of nitrogens with one attached hydrogen (secondary N) is 1. The number of fused-ring (bicyclic) bond motifs is 2. The molecule has 1 aliphatic carbocycles. The quantitative estimate of drug-likeness (QED) is 0.889. The van der Waals surface area contributed by atoms with E-state index in [2.05, 4.69) is 41.7 Å². The van der Waals surface area contributed by atoms with Crippen molar-refractivity contribution < 1.29 is 9.53 Å². The largest absolute Gasteiger partial charge is 0.363 e. The smallest absolute Gasteiger partial charge is 0.246 e. The summed E-state index contributed by atoms with van der Waals surface area (Å²) in [5, 5.41) is 2.74. The second-order valence-electron chi connectivity index (χ2n) is 5.80. The van der Waals surface area contributed by atoms with E-state index in [-0.39, 0.29) is 18.6 Å². The number of benzene rings is 2. The Bertz CT molecular complexity index is 740. The Labute approximate surface area is 142 Å². The maximum atomic E-state index is 11.9. The molecule has 0 bridgehead atoms. The minimum atomic E-state index is -0.157. The molecule has 124 valence electrons. The molecule has 24 heavy (non-hydrogen) atoms. The number of amides is 1. The molecule has 2 aromatic carbocycles. The Hall–Kier alpha value is -2.43. The van der Waals surface area contributed by atoms with Crippen LogP contribution in [-0.4, -0.2) is 25.6 Å². The molecule has 3 rings (SSSR count). The number of carbonyl (C=O) groups is 1. The number of hydrogen-bond donors (Lipinski definition) is 2. The molecule has 2 aromatic rings. The molecule has 0 heterocycles. The van der Waals surface area contributed by atoms with Crippen molar-refractivity contribution in [3.05, 3.63) is 70.8 Å². The number of nitrogens with two attached hydrogens (primary N) is 1. The minimum absolute atomic E-state index is 0.0326. The van der Waals surface area contributed by atoms with Crippen LogP contribution in [0.25, 0.3) is 12.2 Å². The molecule has 0 fully saturated rings. The Balaban J connectivity index is 1.84. The van der Waals surface area contributed by atoms with Crippen LogP contribution in [0.3, 0.4) is 0 Å².